The van der Waals surface area contributed by atoms with Crippen LogP contribution in [-0.2, 0) is 9.84 Å². The number of allylic oxidation sites excluding steroid dienone is 4. The van der Waals surface area contributed by atoms with Crippen LogP contribution >= 0.6 is 0 Å². The van der Waals surface area contributed by atoms with Crippen molar-refractivity contribution >= 4 is 9.84 Å². The van der Waals surface area contributed by atoms with Crippen molar-refractivity contribution in [3.63, 3.8) is 0 Å². The molecule has 0 aliphatic rings. The van der Waals surface area contributed by atoms with E-state index in [1.54, 1.807) is 31.2 Å². The van der Waals surface area contributed by atoms with E-state index in [1.807, 2.05) is 33.8 Å². The normalized spacial score (nSPS) is 11.9. The van der Waals surface area contributed by atoms with E-state index < -0.39 is 9.84 Å². The Morgan fingerprint density at radius 1 is 1.15 bits per heavy atom. The van der Waals surface area contributed by atoms with Crippen molar-refractivity contribution in [2.75, 3.05) is 0 Å². The maximum absolute atomic E-state index is 12.4. The van der Waals surface area contributed by atoms with Gasteiger partial charge in [0.05, 0.1) is 9.80 Å². The fourth-order valence-electron chi connectivity index (χ4n) is 1.53. The van der Waals surface area contributed by atoms with Gasteiger partial charge in [-0.1, -0.05) is 38.6 Å². The maximum atomic E-state index is 12.4. The van der Waals surface area contributed by atoms with Gasteiger partial charge in [0.1, 0.15) is 0 Å². The van der Waals surface area contributed by atoms with Gasteiger partial charge in [0.2, 0.25) is 9.84 Å². The highest BCUT2D eigenvalue weighted by Crippen LogP contribution is 2.22. The Bertz CT molecular complexity index is 606. The Balaban J connectivity index is 0.00000172. The Labute approximate surface area is 123 Å². The van der Waals surface area contributed by atoms with Crippen LogP contribution in [0.25, 0.3) is 0 Å². The molecule has 0 unspecified atom stereocenters. The largest absolute Gasteiger partial charge is 0.219 e. The van der Waals surface area contributed by atoms with Gasteiger partial charge in [-0.05, 0) is 56.2 Å². The monoisotopic (exact) mass is 292 g/mol. The van der Waals surface area contributed by atoms with Gasteiger partial charge in [-0.15, -0.1) is 0 Å². The molecule has 0 heterocycles. The first kappa shape index (κ1) is 18.4. The summed E-state index contributed by atoms with van der Waals surface area (Å²) in [6, 6.07) is 5.16. The molecule has 0 amide bonds. The van der Waals surface area contributed by atoms with Crippen LogP contribution in [0.3, 0.4) is 0 Å². The molecule has 1 aromatic rings. The fraction of sp³-hybridized carbons (Fsp3) is 0.294. The second-order valence-corrected chi connectivity index (χ2v) is 6.00. The lowest BCUT2D eigenvalue weighted by atomic mass is 10.1. The quantitative estimate of drug-likeness (QED) is 0.750. The molecule has 1 rings (SSSR count). The molecule has 0 atom stereocenters. The lowest BCUT2D eigenvalue weighted by molar-refractivity contribution is 0.603. The molecule has 0 saturated heterocycles. The second kappa shape index (κ2) is 8.54. The van der Waals surface area contributed by atoms with E-state index in [4.69, 9.17) is 0 Å². The number of sulfone groups is 1. The van der Waals surface area contributed by atoms with Crippen molar-refractivity contribution in [3.05, 3.63) is 65.1 Å². The summed E-state index contributed by atoms with van der Waals surface area (Å²) in [6.07, 6.45) is 6.26. The Morgan fingerprint density at radius 2 is 1.75 bits per heavy atom. The van der Waals surface area contributed by atoms with Crippen LogP contribution in [-0.4, -0.2) is 8.42 Å². The van der Waals surface area contributed by atoms with Gasteiger partial charge in [-0.2, -0.15) is 0 Å². The predicted molar refractivity (Wildman–Crippen MR) is 87.5 cm³/mol. The van der Waals surface area contributed by atoms with E-state index in [0.29, 0.717) is 4.90 Å². The molecule has 0 radical (unpaired) electrons. The minimum Gasteiger partial charge on any atom is -0.219 e. The van der Waals surface area contributed by atoms with Crippen LogP contribution in [0.15, 0.2) is 58.9 Å². The number of rotatable bonds is 4. The average Bonchev–Trinajstić information content (AvgIpc) is 2.43. The smallest absolute Gasteiger partial charge is 0.206 e. The van der Waals surface area contributed by atoms with Crippen molar-refractivity contribution in [1.82, 2.24) is 0 Å². The van der Waals surface area contributed by atoms with Crippen molar-refractivity contribution in [2.24, 2.45) is 0 Å². The van der Waals surface area contributed by atoms with Crippen LogP contribution in [0, 0.1) is 13.8 Å². The summed E-state index contributed by atoms with van der Waals surface area (Å²) in [5.74, 6) is 0. The van der Waals surface area contributed by atoms with Gasteiger partial charge in [0.25, 0.3) is 0 Å². The lowest BCUT2D eigenvalue weighted by Crippen LogP contribution is -2.04. The molecule has 0 N–H and O–H groups in total. The van der Waals surface area contributed by atoms with Gasteiger partial charge in [0, 0.05) is 0 Å². The molecule has 0 aromatic heterocycles. The van der Waals surface area contributed by atoms with Crippen LogP contribution in [0.2, 0.25) is 0 Å². The van der Waals surface area contributed by atoms with E-state index in [0.717, 1.165) is 11.1 Å². The SMILES string of the molecule is C=C/C=C(\C=C/C)S(=O)(=O)c1ccc(C)c(C)c1.CC. The zero-order valence-electron chi connectivity index (χ0n) is 13.0. The molecule has 0 fully saturated rings. The summed E-state index contributed by atoms with van der Waals surface area (Å²) in [7, 11) is -3.46. The summed E-state index contributed by atoms with van der Waals surface area (Å²) in [6.45, 7) is 13.2. The Kier molecular flexibility index (Phi) is 7.85. The number of benzene rings is 1. The van der Waals surface area contributed by atoms with Crippen molar-refractivity contribution in [3.8, 4) is 0 Å². The zero-order valence-corrected chi connectivity index (χ0v) is 13.8. The highest BCUT2D eigenvalue weighted by Gasteiger charge is 2.18. The molecule has 0 spiro atoms. The highest BCUT2D eigenvalue weighted by molar-refractivity contribution is 7.95. The van der Waals surface area contributed by atoms with Crippen LogP contribution in [0.5, 0.6) is 0 Å². The van der Waals surface area contributed by atoms with E-state index in [2.05, 4.69) is 6.58 Å². The van der Waals surface area contributed by atoms with Crippen molar-refractivity contribution < 1.29 is 8.42 Å². The molecule has 0 saturated carbocycles. The third-order valence-electron chi connectivity index (χ3n) is 2.71. The van der Waals surface area contributed by atoms with Gasteiger partial charge >= 0.3 is 0 Å². The number of aryl methyl sites for hydroxylation is 2. The molecule has 20 heavy (non-hydrogen) atoms. The molecular weight excluding hydrogens is 268 g/mol. The predicted octanol–water partition coefficient (Wildman–Crippen LogP) is 4.75. The summed E-state index contributed by atoms with van der Waals surface area (Å²) < 4.78 is 24.8. The third kappa shape index (κ3) is 4.49. The topological polar surface area (TPSA) is 34.1 Å². The van der Waals surface area contributed by atoms with E-state index in [-0.39, 0.29) is 4.91 Å². The highest BCUT2D eigenvalue weighted by atomic mass is 32.2. The first-order valence-electron chi connectivity index (χ1n) is 6.71. The third-order valence-corrected chi connectivity index (χ3v) is 4.48. The van der Waals surface area contributed by atoms with Crippen LogP contribution < -0.4 is 0 Å². The van der Waals surface area contributed by atoms with Gasteiger partial charge in [0.15, 0.2) is 0 Å². The fourth-order valence-corrected chi connectivity index (χ4v) is 2.97. The van der Waals surface area contributed by atoms with E-state index in [9.17, 15) is 8.42 Å². The first-order chi connectivity index (χ1) is 9.43. The minimum atomic E-state index is -3.46. The van der Waals surface area contributed by atoms with E-state index >= 15 is 0 Å². The van der Waals surface area contributed by atoms with Gasteiger partial charge < -0.3 is 0 Å². The zero-order chi connectivity index (χ0) is 15.8. The summed E-state index contributed by atoms with van der Waals surface area (Å²) in [4.78, 5) is 0.569. The first-order valence-corrected chi connectivity index (χ1v) is 8.19. The molecule has 2 nitrogen and oxygen atoms in total. The maximum Gasteiger partial charge on any atom is 0.206 e. The lowest BCUT2D eigenvalue weighted by Gasteiger charge is -2.07. The minimum absolute atomic E-state index is 0.253. The van der Waals surface area contributed by atoms with Crippen molar-refractivity contribution in [2.45, 2.75) is 39.5 Å². The van der Waals surface area contributed by atoms with E-state index in [1.165, 1.54) is 12.2 Å². The van der Waals surface area contributed by atoms with Gasteiger partial charge in [-0.25, -0.2) is 8.42 Å². The number of hydrogen-bond acceptors (Lipinski definition) is 2. The molecule has 110 valence electrons. The summed E-state index contributed by atoms with van der Waals surface area (Å²) in [5.41, 5.74) is 2.05. The molecule has 3 heteroatoms. The molecule has 0 aliphatic heterocycles. The molecular formula is C17H24O2S. The van der Waals surface area contributed by atoms with Gasteiger partial charge in [-0.3, -0.25) is 0 Å². The molecule has 0 aliphatic carbocycles. The number of hydrogen-bond donors (Lipinski definition) is 0. The van der Waals surface area contributed by atoms with Crippen LogP contribution in [0.1, 0.15) is 31.9 Å². The Hall–Kier alpha value is -1.61. The molecule has 0 bridgehead atoms. The molecule has 1 aromatic carbocycles. The average molecular weight is 292 g/mol. The summed E-state index contributed by atoms with van der Waals surface area (Å²) in [5, 5.41) is 0. The second-order valence-electron chi connectivity index (χ2n) is 4.05. The Morgan fingerprint density at radius 3 is 2.20 bits per heavy atom. The van der Waals surface area contributed by atoms with Crippen LogP contribution in [0.4, 0.5) is 0 Å². The van der Waals surface area contributed by atoms with Crippen molar-refractivity contribution in [1.29, 1.82) is 0 Å². The summed E-state index contributed by atoms with van der Waals surface area (Å²) >= 11 is 0. The standard InChI is InChI=1S/C15H18O2S.C2H6/c1-5-7-14(8-6-2)18(16,17)15-10-9-12(3)13(4)11-15;1-2/h5-11H,1H2,2-4H3;1-2H3/b8-6-,14-7+;.